The molecule has 0 saturated carbocycles. The minimum atomic E-state index is -1.59. The summed E-state index contributed by atoms with van der Waals surface area (Å²) in [5.41, 5.74) is -0.963. The summed E-state index contributed by atoms with van der Waals surface area (Å²) in [6.07, 6.45) is -4.10. The number of aliphatic hydroxyl groups excluding tert-OH is 2. The molecule has 2 aromatic rings. The maximum Gasteiger partial charge on any atom is 0.338 e. The van der Waals surface area contributed by atoms with Gasteiger partial charge in [0.2, 0.25) is 0 Å². The normalized spacial score (nSPS) is 27.1. The molecule has 1 heterocycles. The number of ether oxygens (including phenoxy) is 3. The zero-order valence-corrected chi connectivity index (χ0v) is 14.6. The largest absolute Gasteiger partial charge is 0.459 e. The predicted molar refractivity (Wildman–Crippen MR) is 93.9 cm³/mol. The van der Waals surface area contributed by atoms with Crippen molar-refractivity contribution in [3.8, 4) is 0 Å². The fourth-order valence-electron chi connectivity index (χ4n) is 2.82. The quantitative estimate of drug-likeness (QED) is 0.768. The molecule has 0 radical (unpaired) electrons. The molecule has 2 aromatic carbocycles. The molecular weight excluding hydrogens is 352 g/mol. The maximum absolute atomic E-state index is 12.4. The average molecular weight is 372 g/mol. The molecule has 0 amide bonds. The zero-order valence-electron chi connectivity index (χ0n) is 14.6. The van der Waals surface area contributed by atoms with Crippen LogP contribution in [0.1, 0.15) is 27.6 Å². The molecule has 1 aliphatic rings. The van der Waals surface area contributed by atoms with Crippen LogP contribution in [0.15, 0.2) is 60.7 Å². The zero-order chi connectivity index (χ0) is 19.4. The van der Waals surface area contributed by atoms with Crippen molar-refractivity contribution in [3.63, 3.8) is 0 Å². The van der Waals surface area contributed by atoms with Crippen LogP contribution in [0.25, 0.3) is 0 Å². The van der Waals surface area contributed by atoms with E-state index in [1.165, 1.54) is 6.92 Å². The number of aliphatic hydroxyl groups is 2. The first-order chi connectivity index (χ1) is 12.9. The van der Waals surface area contributed by atoms with Crippen LogP contribution in [0.5, 0.6) is 0 Å². The molecule has 7 heteroatoms. The summed E-state index contributed by atoms with van der Waals surface area (Å²) in [5, 5.41) is 20.1. The molecule has 4 atom stereocenters. The molecule has 0 bridgehead atoms. The van der Waals surface area contributed by atoms with E-state index in [9.17, 15) is 19.8 Å². The Morgan fingerprint density at radius 3 is 2.04 bits per heavy atom. The first-order valence-corrected chi connectivity index (χ1v) is 8.44. The number of carbonyl (C=O) groups is 2. The van der Waals surface area contributed by atoms with Gasteiger partial charge in [0.25, 0.3) is 0 Å². The lowest BCUT2D eigenvalue weighted by Gasteiger charge is -2.31. The first kappa shape index (κ1) is 19.0. The van der Waals surface area contributed by atoms with Crippen LogP contribution in [-0.4, -0.2) is 52.9 Å². The summed E-state index contributed by atoms with van der Waals surface area (Å²) in [6, 6.07) is 16.6. The highest BCUT2D eigenvalue weighted by molar-refractivity contribution is 5.90. The molecule has 3 rings (SSSR count). The fourth-order valence-corrected chi connectivity index (χ4v) is 2.82. The van der Waals surface area contributed by atoms with Gasteiger partial charge >= 0.3 is 11.9 Å². The number of esters is 2. The highest BCUT2D eigenvalue weighted by Crippen LogP contribution is 2.34. The Morgan fingerprint density at radius 2 is 1.48 bits per heavy atom. The van der Waals surface area contributed by atoms with E-state index in [0.29, 0.717) is 5.56 Å². The van der Waals surface area contributed by atoms with Crippen molar-refractivity contribution in [1.82, 2.24) is 0 Å². The Labute approximate surface area is 156 Å². The van der Waals surface area contributed by atoms with E-state index < -0.39 is 36.0 Å². The van der Waals surface area contributed by atoms with Crippen molar-refractivity contribution in [2.24, 2.45) is 0 Å². The summed E-state index contributed by atoms with van der Waals surface area (Å²) in [6.45, 7) is 1.12. The monoisotopic (exact) mass is 372 g/mol. The van der Waals surface area contributed by atoms with Crippen LogP contribution in [0.3, 0.4) is 0 Å². The Kier molecular flexibility index (Phi) is 5.55. The Morgan fingerprint density at radius 1 is 0.963 bits per heavy atom. The summed E-state index contributed by atoms with van der Waals surface area (Å²) in [5.74, 6) is -1.28. The second-order valence-electron chi connectivity index (χ2n) is 6.36. The van der Waals surface area contributed by atoms with Crippen LogP contribution in [0.2, 0.25) is 0 Å². The lowest BCUT2D eigenvalue weighted by molar-refractivity contribution is -0.133. The van der Waals surface area contributed by atoms with E-state index in [4.69, 9.17) is 14.2 Å². The molecule has 1 fully saturated rings. The van der Waals surface area contributed by atoms with Gasteiger partial charge in [-0.2, -0.15) is 0 Å². The van der Waals surface area contributed by atoms with E-state index in [-0.39, 0.29) is 12.2 Å². The molecule has 1 unspecified atom stereocenters. The standard InChI is InChI=1S/C20H20O7/c1-20(27-18(23)14-10-6-3-7-11-14)15(26-19(24)16(20)21)12-25-17(22)13-8-4-2-5-9-13/h2-11,15-16,19,21,24H,12H2,1H3/t15-,16+,19?,20-/m1/s1. The van der Waals surface area contributed by atoms with Crippen molar-refractivity contribution in [1.29, 1.82) is 0 Å². The summed E-state index contributed by atoms with van der Waals surface area (Å²) >= 11 is 0. The van der Waals surface area contributed by atoms with Crippen LogP contribution in [0.4, 0.5) is 0 Å². The van der Waals surface area contributed by atoms with Gasteiger partial charge < -0.3 is 24.4 Å². The van der Waals surface area contributed by atoms with Crippen molar-refractivity contribution in [2.75, 3.05) is 6.61 Å². The lowest BCUT2D eigenvalue weighted by Crippen LogP contribution is -2.51. The third-order valence-electron chi connectivity index (χ3n) is 4.50. The van der Waals surface area contributed by atoms with Crippen molar-refractivity contribution >= 4 is 11.9 Å². The van der Waals surface area contributed by atoms with Gasteiger partial charge in [0.15, 0.2) is 11.9 Å². The van der Waals surface area contributed by atoms with Gasteiger partial charge in [-0.1, -0.05) is 36.4 Å². The van der Waals surface area contributed by atoms with Gasteiger partial charge in [-0.3, -0.25) is 0 Å². The van der Waals surface area contributed by atoms with Gasteiger partial charge in [0.05, 0.1) is 11.1 Å². The van der Waals surface area contributed by atoms with E-state index in [1.807, 2.05) is 0 Å². The van der Waals surface area contributed by atoms with E-state index in [2.05, 4.69) is 0 Å². The topological polar surface area (TPSA) is 102 Å². The molecular formula is C20H20O7. The molecule has 0 aliphatic carbocycles. The third kappa shape index (κ3) is 4.00. The average Bonchev–Trinajstić information content (AvgIpc) is 2.91. The number of hydrogen-bond donors (Lipinski definition) is 2. The first-order valence-electron chi connectivity index (χ1n) is 8.44. The Bertz CT molecular complexity index is 792. The second-order valence-corrected chi connectivity index (χ2v) is 6.36. The van der Waals surface area contributed by atoms with Gasteiger partial charge in [-0.05, 0) is 31.2 Å². The van der Waals surface area contributed by atoms with E-state index in [1.54, 1.807) is 60.7 Å². The smallest absolute Gasteiger partial charge is 0.338 e. The van der Waals surface area contributed by atoms with Gasteiger partial charge in [0.1, 0.15) is 18.8 Å². The van der Waals surface area contributed by atoms with Crippen LogP contribution >= 0.6 is 0 Å². The third-order valence-corrected chi connectivity index (χ3v) is 4.50. The van der Waals surface area contributed by atoms with Crippen LogP contribution < -0.4 is 0 Å². The molecule has 1 aliphatic heterocycles. The number of hydrogen-bond acceptors (Lipinski definition) is 7. The molecule has 0 spiro atoms. The molecule has 1 saturated heterocycles. The van der Waals surface area contributed by atoms with Crippen molar-refractivity contribution < 1.29 is 34.0 Å². The van der Waals surface area contributed by atoms with E-state index in [0.717, 1.165) is 0 Å². The van der Waals surface area contributed by atoms with Gasteiger partial charge in [0, 0.05) is 0 Å². The SMILES string of the molecule is C[C@@]1(OC(=O)c2ccccc2)[C@@H](COC(=O)c2ccccc2)OC(O)[C@@H]1O. The van der Waals surface area contributed by atoms with Gasteiger partial charge in [-0.15, -0.1) is 0 Å². The summed E-state index contributed by atoms with van der Waals surface area (Å²) in [7, 11) is 0. The number of carbonyl (C=O) groups excluding carboxylic acids is 2. The maximum atomic E-state index is 12.4. The van der Waals surface area contributed by atoms with Crippen molar-refractivity contribution in [3.05, 3.63) is 71.8 Å². The molecule has 142 valence electrons. The van der Waals surface area contributed by atoms with Crippen LogP contribution in [0, 0.1) is 0 Å². The Hall–Kier alpha value is -2.74. The Balaban J connectivity index is 1.71. The van der Waals surface area contributed by atoms with Gasteiger partial charge in [-0.25, -0.2) is 9.59 Å². The molecule has 2 N–H and O–H groups in total. The molecule has 7 nitrogen and oxygen atoms in total. The predicted octanol–water partition coefficient (Wildman–Crippen LogP) is 1.54. The summed E-state index contributed by atoms with van der Waals surface area (Å²) < 4.78 is 15.9. The number of rotatable bonds is 5. The minimum absolute atomic E-state index is 0.285. The minimum Gasteiger partial charge on any atom is -0.459 e. The molecule has 27 heavy (non-hydrogen) atoms. The fraction of sp³-hybridized carbons (Fsp3) is 0.300. The summed E-state index contributed by atoms with van der Waals surface area (Å²) in [4.78, 5) is 24.5. The number of benzene rings is 2. The highest BCUT2D eigenvalue weighted by Gasteiger charge is 2.56. The second kappa shape index (κ2) is 7.87. The van der Waals surface area contributed by atoms with Crippen LogP contribution in [-0.2, 0) is 14.2 Å². The lowest BCUT2D eigenvalue weighted by atomic mass is 9.94. The molecule has 0 aromatic heterocycles. The van der Waals surface area contributed by atoms with Crippen molar-refractivity contribution in [2.45, 2.75) is 31.0 Å². The van der Waals surface area contributed by atoms with E-state index >= 15 is 0 Å². The highest BCUT2D eigenvalue weighted by atomic mass is 16.7.